The Morgan fingerprint density at radius 3 is 1.01 bits per heavy atom. The molecule has 7 saturated heterocycles. The minimum atomic E-state index is -2.45. The third kappa shape index (κ3) is 16.4. The van der Waals surface area contributed by atoms with Gasteiger partial charge >= 0.3 is 0 Å². The van der Waals surface area contributed by atoms with Gasteiger partial charge in [0.15, 0.2) is 44.0 Å². The van der Waals surface area contributed by atoms with Crippen LogP contribution in [0.5, 0.6) is 0 Å². The van der Waals surface area contributed by atoms with E-state index >= 15 is 0 Å². The molecule has 0 aliphatic carbocycles. The summed E-state index contributed by atoms with van der Waals surface area (Å²) in [6, 6.07) is -6.84. The molecule has 0 aromatic rings. The second-order valence-electron chi connectivity index (χ2n) is 22.5. The van der Waals surface area contributed by atoms with Crippen molar-refractivity contribution in [2.75, 3.05) is 46.2 Å². The first-order chi connectivity index (χ1) is 42.5. The van der Waals surface area contributed by atoms with Gasteiger partial charge in [-0.25, -0.2) is 0 Å². The molecule has 0 spiro atoms. The number of aliphatic hydroxyl groups excluding tert-OH is 19. The predicted molar refractivity (Wildman–Crippen MR) is 278 cm³/mol. The Morgan fingerprint density at radius 1 is 0.289 bits per heavy atom. The van der Waals surface area contributed by atoms with E-state index in [9.17, 15) is 116 Å². The summed E-state index contributed by atoms with van der Waals surface area (Å²) in [5.41, 5.74) is 0. The SMILES string of the molecule is CC(=O)N[C@@H]1[C@@H](O)[C@H](O[C@@H]2O[C@H](CO)[C@@H](O[C@H]3O[C@H](CO[C@H]4O[C@H](CO)[C@@H](O)[C@H](O)[C@@H]4O[C@@H]4O[C@H](CO)[C@@H](O)[C@H](O)[C@H]4NC(C)=O)[C@@H](O)[C@H](O[C@H]4O[C@H](CO)[C@@H](O)[C@H](O)[C@@H]4O[C@@H]4O[C@H](CO)[C@@H](O)[C@H](O)[C@H]4NC(C)=O)[C@@H]3O)[C@H](O)[C@H]2NC(C)=O)[C@@H](CO)O[C@H]1O. The molecule has 7 fully saturated rings. The predicted octanol–water partition coefficient (Wildman–Crippen LogP) is -15.7. The molecular weight excluding hydrogens is 1230 g/mol. The molecule has 0 aromatic heterocycles. The van der Waals surface area contributed by atoms with Crippen LogP contribution in [0.2, 0.25) is 0 Å². The van der Waals surface area contributed by atoms with Crippen molar-refractivity contribution in [1.82, 2.24) is 21.3 Å². The molecule has 520 valence electrons. The fourth-order valence-electron chi connectivity index (χ4n) is 11.5. The first kappa shape index (κ1) is 74.0. The number of carbonyl (C=O) groups is 4. The van der Waals surface area contributed by atoms with Gasteiger partial charge in [0, 0.05) is 27.7 Å². The summed E-state index contributed by atoms with van der Waals surface area (Å²) in [5, 5.41) is 218. The Labute approximate surface area is 510 Å². The topological polar surface area (TPSA) is 621 Å². The van der Waals surface area contributed by atoms with E-state index in [4.69, 9.17) is 61.6 Å². The van der Waals surface area contributed by atoms with Crippen LogP contribution >= 0.6 is 0 Å². The fourth-order valence-corrected chi connectivity index (χ4v) is 11.5. The monoisotopic (exact) mass is 1320 g/mol. The molecule has 7 heterocycles. The lowest BCUT2D eigenvalue weighted by Crippen LogP contribution is -2.70. The van der Waals surface area contributed by atoms with E-state index < -0.39 is 285 Å². The van der Waals surface area contributed by atoms with E-state index in [2.05, 4.69) is 21.3 Å². The van der Waals surface area contributed by atoms with Crippen molar-refractivity contribution in [2.24, 2.45) is 0 Å². The molecule has 0 bridgehead atoms. The van der Waals surface area contributed by atoms with E-state index in [0.717, 1.165) is 27.7 Å². The van der Waals surface area contributed by atoms with Crippen molar-refractivity contribution in [3.05, 3.63) is 0 Å². The summed E-state index contributed by atoms with van der Waals surface area (Å²) in [4.78, 5) is 49.5. The summed E-state index contributed by atoms with van der Waals surface area (Å²) >= 11 is 0. The van der Waals surface area contributed by atoms with E-state index in [0.29, 0.717) is 0 Å². The Kier molecular flexibility index (Phi) is 26.6. The third-order valence-electron chi connectivity index (χ3n) is 16.1. The van der Waals surface area contributed by atoms with Gasteiger partial charge < -0.3 is 180 Å². The molecule has 4 amide bonds. The number of rotatable bonds is 23. The highest BCUT2D eigenvalue weighted by atomic mass is 16.8. The highest BCUT2D eigenvalue weighted by Crippen LogP contribution is 2.38. The number of ether oxygens (including phenoxy) is 13. The third-order valence-corrected chi connectivity index (χ3v) is 16.1. The number of nitrogens with one attached hydrogen (secondary N) is 4. The van der Waals surface area contributed by atoms with Crippen molar-refractivity contribution in [1.29, 1.82) is 0 Å². The highest BCUT2D eigenvalue weighted by molar-refractivity contribution is 5.74. The second kappa shape index (κ2) is 32.4. The molecule has 7 aliphatic heterocycles. The number of hydrogen-bond donors (Lipinski definition) is 23. The van der Waals surface area contributed by atoms with Crippen LogP contribution in [-0.4, -0.2) is 382 Å². The van der Waals surface area contributed by atoms with Crippen LogP contribution < -0.4 is 21.3 Å². The largest absolute Gasteiger partial charge is 0.394 e. The number of amides is 4. The number of aliphatic hydroxyl groups is 19. The smallest absolute Gasteiger partial charge is 0.217 e. The van der Waals surface area contributed by atoms with Crippen LogP contribution in [0, 0.1) is 0 Å². The molecular formula is C50H84N4O36. The molecule has 23 N–H and O–H groups in total. The lowest BCUT2D eigenvalue weighted by Gasteiger charge is -2.51. The quantitative estimate of drug-likeness (QED) is 0.0452. The van der Waals surface area contributed by atoms with Gasteiger partial charge in [-0.2, -0.15) is 0 Å². The van der Waals surface area contributed by atoms with Gasteiger partial charge in [0.1, 0.15) is 171 Å². The lowest BCUT2D eigenvalue weighted by atomic mass is 9.93. The summed E-state index contributed by atoms with van der Waals surface area (Å²) in [6.07, 6.45) is -61.9. The number of carbonyl (C=O) groups excluding carboxylic acids is 4. The van der Waals surface area contributed by atoms with Crippen molar-refractivity contribution in [3.63, 3.8) is 0 Å². The van der Waals surface area contributed by atoms with Crippen molar-refractivity contribution in [3.8, 4) is 0 Å². The minimum absolute atomic E-state index is 0.751. The average Bonchev–Trinajstić information content (AvgIpc) is 1.12. The number of hydrogen-bond acceptors (Lipinski definition) is 36. The van der Waals surface area contributed by atoms with Crippen LogP contribution in [0.3, 0.4) is 0 Å². The van der Waals surface area contributed by atoms with Gasteiger partial charge in [0.2, 0.25) is 23.6 Å². The molecule has 0 aromatic carbocycles. The lowest BCUT2D eigenvalue weighted by molar-refractivity contribution is -0.396. The Hall–Kier alpha value is -3.40. The maximum Gasteiger partial charge on any atom is 0.217 e. The molecule has 0 unspecified atom stereocenters. The average molecular weight is 1320 g/mol. The Balaban J connectivity index is 1.25. The minimum Gasteiger partial charge on any atom is -0.394 e. The van der Waals surface area contributed by atoms with E-state index in [1.54, 1.807) is 0 Å². The standard InChI is InChI=1S/C50H84N4O36/c1-12(61)51-23-34(72)39(20(9-59)79-44(23)77)86-47-26(54-15(4)64)35(73)40(21(10-60)84-47)87-48-38(76)41(88-50-43(37(75)30(68)19(8-58)83-50)90-46-25(53-14(3)63)33(71)28(66)17(6-56)81-46)31(69)22(85-48)11-78-49-42(36(74)29(67)18(7-57)82-49)89-45-24(52-13(2)62)32(70)27(65)16(5-55)80-45/h16-50,55-60,65-77H,5-11H2,1-4H3,(H,51,61)(H,52,62)(H,53,63)(H,54,64)/t16-,17-,18-,19-,20-,21-,22-,23-,24-,25-,26-,27-,28-,29-,30-,31-,32-,33-,34-,35-,36+,37+,38+,39-,40-,41+,42+,43+,44-,45+,46+,47+,48-,49+,50-/m1/s1. The van der Waals surface area contributed by atoms with Gasteiger partial charge in [-0.15, -0.1) is 0 Å². The molecule has 0 radical (unpaired) electrons. The maximum atomic E-state index is 12.8. The zero-order valence-corrected chi connectivity index (χ0v) is 48.6. The molecule has 90 heavy (non-hydrogen) atoms. The van der Waals surface area contributed by atoms with Gasteiger partial charge in [0.05, 0.1) is 46.2 Å². The van der Waals surface area contributed by atoms with Gasteiger partial charge in [0.25, 0.3) is 0 Å². The summed E-state index contributed by atoms with van der Waals surface area (Å²) < 4.78 is 76.6. The van der Waals surface area contributed by atoms with Gasteiger partial charge in [-0.1, -0.05) is 0 Å². The molecule has 40 nitrogen and oxygen atoms in total. The second-order valence-corrected chi connectivity index (χ2v) is 22.5. The van der Waals surface area contributed by atoms with Crippen LogP contribution in [0.15, 0.2) is 0 Å². The zero-order valence-electron chi connectivity index (χ0n) is 48.6. The summed E-state index contributed by atoms with van der Waals surface area (Å²) in [5.74, 6) is -3.28. The van der Waals surface area contributed by atoms with Crippen molar-refractivity contribution in [2.45, 2.75) is 242 Å². The van der Waals surface area contributed by atoms with Gasteiger partial charge in [-0.3, -0.25) is 19.2 Å². The highest BCUT2D eigenvalue weighted by Gasteiger charge is 2.59. The van der Waals surface area contributed by atoms with E-state index in [-0.39, 0.29) is 0 Å². The van der Waals surface area contributed by atoms with E-state index in [1.807, 2.05) is 0 Å². The molecule has 7 aliphatic rings. The van der Waals surface area contributed by atoms with E-state index in [1.165, 1.54) is 0 Å². The molecule has 40 heteroatoms. The first-order valence-electron chi connectivity index (χ1n) is 28.6. The summed E-state index contributed by atoms with van der Waals surface area (Å²) in [6.45, 7) is -3.14. The van der Waals surface area contributed by atoms with Crippen molar-refractivity contribution < 1.29 is 178 Å². The molecule has 35 atom stereocenters. The summed E-state index contributed by atoms with van der Waals surface area (Å²) in [7, 11) is 0. The van der Waals surface area contributed by atoms with Crippen LogP contribution in [0.25, 0.3) is 0 Å². The first-order valence-corrected chi connectivity index (χ1v) is 28.6. The normalized spacial score (nSPS) is 47.6. The Bertz CT molecular complexity index is 2310. The maximum absolute atomic E-state index is 12.8. The molecule has 0 saturated carbocycles. The fraction of sp³-hybridized carbons (Fsp3) is 0.920. The van der Waals surface area contributed by atoms with Crippen LogP contribution in [0.4, 0.5) is 0 Å². The van der Waals surface area contributed by atoms with Crippen LogP contribution in [0.1, 0.15) is 27.7 Å². The van der Waals surface area contributed by atoms with Crippen LogP contribution in [-0.2, 0) is 80.8 Å². The Morgan fingerprint density at radius 2 is 0.589 bits per heavy atom. The molecule has 7 rings (SSSR count). The van der Waals surface area contributed by atoms with Gasteiger partial charge in [-0.05, 0) is 0 Å². The van der Waals surface area contributed by atoms with Crippen molar-refractivity contribution >= 4 is 23.6 Å². The zero-order chi connectivity index (χ0) is 66.5.